The van der Waals surface area contributed by atoms with Crippen LogP contribution >= 0.6 is 12.4 Å². The normalized spacial score (nSPS) is 9.25. The molecule has 0 saturated heterocycles. The van der Waals surface area contributed by atoms with E-state index in [4.69, 9.17) is 0 Å². The van der Waals surface area contributed by atoms with E-state index in [-0.39, 0.29) is 18.2 Å². The molecule has 0 aromatic heterocycles. The van der Waals surface area contributed by atoms with E-state index in [9.17, 15) is 5.11 Å². The smallest absolute Gasteiger partial charge is 0.138 e. The molecule has 0 fully saturated rings. The Balaban J connectivity index is 0.00000128. The van der Waals surface area contributed by atoms with Gasteiger partial charge in [-0.15, -0.1) is 12.4 Å². The van der Waals surface area contributed by atoms with Gasteiger partial charge in [0.1, 0.15) is 5.75 Å². The van der Waals surface area contributed by atoms with Crippen molar-refractivity contribution in [3.05, 3.63) is 60.2 Å². The van der Waals surface area contributed by atoms with Gasteiger partial charge in [-0.05, 0) is 17.7 Å². The number of anilines is 1. The topological polar surface area (TPSA) is 32.3 Å². The first-order chi connectivity index (χ1) is 7.36. The molecule has 0 unspecified atom stereocenters. The van der Waals surface area contributed by atoms with Gasteiger partial charge in [0.15, 0.2) is 0 Å². The minimum absolute atomic E-state index is 0. The molecule has 0 amide bonds. The largest absolute Gasteiger partial charge is 0.506 e. The standard InChI is InChI=1S/C13H13NO.ClH/c15-13-9-5-4-8-12(13)14-10-11-6-2-1-3-7-11;/h1-9,14-15H,10H2;1H. The van der Waals surface area contributed by atoms with Gasteiger partial charge in [0, 0.05) is 6.54 Å². The molecule has 3 heteroatoms. The first kappa shape index (κ1) is 12.4. The van der Waals surface area contributed by atoms with Crippen LogP contribution in [0.1, 0.15) is 5.56 Å². The van der Waals surface area contributed by atoms with Crippen LogP contribution in [0, 0.1) is 0 Å². The maximum Gasteiger partial charge on any atom is 0.138 e. The second-order valence-corrected chi connectivity index (χ2v) is 3.36. The summed E-state index contributed by atoms with van der Waals surface area (Å²) in [4.78, 5) is 0. The van der Waals surface area contributed by atoms with E-state index in [0.29, 0.717) is 0 Å². The van der Waals surface area contributed by atoms with Gasteiger partial charge >= 0.3 is 0 Å². The summed E-state index contributed by atoms with van der Waals surface area (Å²) in [5.41, 5.74) is 1.96. The Labute approximate surface area is 101 Å². The fourth-order valence-electron chi connectivity index (χ4n) is 1.42. The number of phenols is 1. The van der Waals surface area contributed by atoms with Crippen molar-refractivity contribution in [2.45, 2.75) is 6.54 Å². The van der Waals surface area contributed by atoms with Crippen molar-refractivity contribution >= 4 is 18.1 Å². The van der Waals surface area contributed by atoms with Gasteiger partial charge in [-0.2, -0.15) is 0 Å². The lowest BCUT2D eigenvalue weighted by Gasteiger charge is -2.07. The number of hydrogen-bond acceptors (Lipinski definition) is 2. The van der Waals surface area contributed by atoms with Crippen molar-refractivity contribution in [2.24, 2.45) is 0 Å². The second-order valence-electron chi connectivity index (χ2n) is 3.36. The van der Waals surface area contributed by atoms with E-state index in [2.05, 4.69) is 5.32 Å². The molecule has 0 saturated carbocycles. The summed E-state index contributed by atoms with van der Waals surface area (Å²) in [6, 6.07) is 17.3. The number of para-hydroxylation sites is 2. The van der Waals surface area contributed by atoms with Crippen LogP contribution in [0.3, 0.4) is 0 Å². The lowest BCUT2D eigenvalue weighted by atomic mass is 10.2. The van der Waals surface area contributed by atoms with E-state index >= 15 is 0 Å². The Hall–Kier alpha value is -1.67. The van der Waals surface area contributed by atoms with Gasteiger partial charge in [0.25, 0.3) is 0 Å². The number of nitrogens with one attached hydrogen (secondary N) is 1. The summed E-state index contributed by atoms with van der Waals surface area (Å²) in [6.07, 6.45) is 0. The van der Waals surface area contributed by atoms with Crippen LogP contribution in [0.5, 0.6) is 5.75 Å². The van der Waals surface area contributed by atoms with Crippen molar-refractivity contribution in [3.8, 4) is 5.75 Å². The van der Waals surface area contributed by atoms with E-state index in [1.807, 2.05) is 48.5 Å². The molecule has 0 bridgehead atoms. The van der Waals surface area contributed by atoms with Crippen LogP contribution in [-0.4, -0.2) is 5.11 Å². The molecule has 0 radical (unpaired) electrons. The lowest BCUT2D eigenvalue weighted by Crippen LogP contribution is -1.98. The zero-order valence-electron chi connectivity index (χ0n) is 8.76. The lowest BCUT2D eigenvalue weighted by molar-refractivity contribution is 0.477. The third-order valence-corrected chi connectivity index (χ3v) is 2.23. The maximum atomic E-state index is 9.53. The van der Waals surface area contributed by atoms with E-state index in [1.165, 1.54) is 5.56 Å². The summed E-state index contributed by atoms with van der Waals surface area (Å²) >= 11 is 0. The van der Waals surface area contributed by atoms with Crippen molar-refractivity contribution in [2.75, 3.05) is 5.32 Å². The zero-order chi connectivity index (χ0) is 10.5. The first-order valence-electron chi connectivity index (χ1n) is 4.92. The predicted molar refractivity (Wildman–Crippen MR) is 69.1 cm³/mol. The van der Waals surface area contributed by atoms with Gasteiger partial charge in [0.05, 0.1) is 5.69 Å². The minimum atomic E-state index is 0. The molecule has 2 aromatic carbocycles. The number of rotatable bonds is 3. The highest BCUT2D eigenvalue weighted by Crippen LogP contribution is 2.21. The first-order valence-corrected chi connectivity index (χ1v) is 4.92. The van der Waals surface area contributed by atoms with Gasteiger partial charge in [-0.25, -0.2) is 0 Å². The maximum absolute atomic E-state index is 9.53. The summed E-state index contributed by atoms with van der Waals surface area (Å²) in [5, 5.41) is 12.7. The molecular formula is C13H14ClNO. The molecule has 0 heterocycles. The highest BCUT2D eigenvalue weighted by Gasteiger charge is 1.97. The van der Waals surface area contributed by atoms with E-state index in [0.717, 1.165) is 12.2 Å². The molecule has 0 spiro atoms. The third kappa shape index (κ3) is 3.17. The average Bonchev–Trinajstić information content (AvgIpc) is 2.29. The van der Waals surface area contributed by atoms with Crippen LogP contribution in [0.4, 0.5) is 5.69 Å². The summed E-state index contributed by atoms with van der Waals surface area (Å²) in [7, 11) is 0. The Morgan fingerprint density at radius 3 is 2.19 bits per heavy atom. The summed E-state index contributed by atoms with van der Waals surface area (Å²) in [6.45, 7) is 0.721. The Morgan fingerprint density at radius 1 is 0.875 bits per heavy atom. The number of phenolic OH excluding ortho intramolecular Hbond substituents is 1. The van der Waals surface area contributed by atoms with Gasteiger partial charge in [0.2, 0.25) is 0 Å². The highest BCUT2D eigenvalue weighted by atomic mass is 35.5. The van der Waals surface area contributed by atoms with Crippen molar-refractivity contribution in [1.29, 1.82) is 0 Å². The van der Waals surface area contributed by atoms with Crippen molar-refractivity contribution in [1.82, 2.24) is 0 Å². The SMILES string of the molecule is Cl.Oc1ccccc1NCc1ccccc1. The van der Waals surface area contributed by atoms with Crippen molar-refractivity contribution in [3.63, 3.8) is 0 Å². The Bertz CT molecular complexity index is 431. The molecule has 0 aliphatic rings. The second kappa shape index (κ2) is 6.03. The van der Waals surface area contributed by atoms with Crippen LogP contribution in [0.25, 0.3) is 0 Å². The molecule has 0 atom stereocenters. The van der Waals surface area contributed by atoms with Crippen LogP contribution in [-0.2, 0) is 6.54 Å². The van der Waals surface area contributed by atoms with Crippen LogP contribution < -0.4 is 5.32 Å². The molecular weight excluding hydrogens is 222 g/mol. The monoisotopic (exact) mass is 235 g/mol. The molecule has 84 valence electrons. The van der Waals surface area contributed by atoms with Gasteiger partial charge in [-0.1, -0.05) is 42.5 Å². The van der Waals surface area contributed by atoms with Crippen LogP contribution in [0.15, 0.2) is 54.6 Å². The van der Waals surface area contributed by atoms with Crippen LogP contribution in [0.2, 0.25) is 0 Å². The Morgan fingerprint density at radius 2 is 1.50 bits per heavy atom. The molecule has 2 nitrogen and oxygen atoms in total. The number of halogens is 1. The third-order valence-electron chi connectivity index (χ3n) is 2.23. The molecule has 0 aliphatic heterocycles. The predicted octanol–water partition coefficient (Wildman–Crippen LogP) is 3.43. The number of aromatic hydroxyl groups is 1. The van der Waals surface area contributed by atoms with E-state index in [1.54, 1.807) is 6.07 Å². The van der Waals surface area contributed by atoms with Gasteiger partial charge < -0.3 is 10.4 Å². The minimum Gasteiger partial charge on any atom is -0.506 e. The Kier molecular flexibility index (Phi) is 4.67. The highest BCUT2D eigenvalue weighted by molar-refractivity contribution is 5.85. The van der Waals surface area contributed by atoms with Gasteiger partial charge in [-0.3, -0.25) is 0 Å². The molecule has 16 heavy (non-hydrogen) atoms. The number of hydrogen-bond donors (Lipinski definition) is 2. The quantitative estimate of drug-likeness (QED) is 0.799. The van der Waals surface area contributed by atoms with E-state index < -0.39 is 0 Å². The zero-order valence-corrected chi connectivity index (χ0v) is 9.58. The number of benzene rings is 2. The average molecular weight is 236 g/mol. The fourth-order valence-corrected chi connectivity index (χ4v) is 1.42. The summed E-state index contributed by atoms with van der Waals surface area (Å²) < 4.78 is 0. The molecule has 2 aromatic rings. The fraction of sp³-hybridized carbons (Fsp3) is 0.0769. The summed E-state index contributed by atoms with van der Waals surface area (Å²) in [5.74, 6) is 0.286. The van der Waals surface area contributed by atoms with Crippen molar-refractivity contribution < 1.29 is 5.11 Å². The molecule has 2 rings (SSSR count). The molecule has 0 aliphatic carbocycles. The molecule has 2 N–H and O–H groups in total.